The number of halogens is 1. The Bertz CT molecular complexity index is 779. The zero-order valence-corrected chi connectivity index (χ0v) is 13.2. The fraction of sp³-hybridized carbons (Fsp3) is 0.200. The monoisotopic (exact) mass is 309 g/mol. The molecule has 0 amide bonds. The van der Waals surface area contributed by atoms with E-state index in [1.807, 2.05) is 0 Å². The first kappa shape index (κ1) is 15.1. The quantitative estimate of drug-likeness (QED) is 0.746. The zero-order valence-electron chi connectivity index (χ0n) is 12.4. The van der Waals surface area contributed by atoms with Crippen molar-refractivity contribution in [3.8, 4) is 0 Å². The van der Waals surface area contributed by atoms with E-state index in [9.17, 15) is 0 Å². The van der Waals surface area contributed by atoms with Crippen LogP contribution in [0.3, 0.4) is 0 Å². The van der Waals surface area contributed by atoms with Crippen molar-refractivity contribution in [1.82, 2.24) is 0 Å². The lowest BCUT2D eigenvalue weighted by molar-refractivity contribution is 0.649. The standard InChI is InChI=1S/C20H19N.ClH/c21-20(14-19(20)16-8-2-1-3-9-16)13-17-11-6-10-15-7-4-5-12-18(15)17;/h1-12,19H,13-14,21H2;1H/t19-,20-;/m1./s1. The molecule has 4 rings (SSSR count). The fourth-order valence-corrected chi connectivity index (χ4v) is 3.45. The van der Waals surface area contributed by atoms with Crippen LogP contribution in [0.25, 0.3) is 10.8 Å². The van der Waals surface area contributed by atoms with E-state index in [-0.39, 0.29) is 17.9 Å². The van der Waals surface area contributed by atoms with Crippen molar-refractivity contribution in [3.63, 3.8) is 0 Å². The normalized spacial score (nSPS) is 23.0. The largest absolute Gasteiger partial charge is 0.324 e. The van der Waals surface area contributed by atoms with Gasteiger partial charge in [0.2, 0.25) is 0 Å². The van der Waals surface area contributed by atoms with Crippen LogP contribution in [0.4, 0.5) is 0 Å². The highest BCUT2D eigenvalue weighted by molar-refractivity contribution is 5.86. The van der Waals surface area contributed by atoms with E-state index in [0.717, 1.165) is 12.8 Å². The Kier molecular flexibility index (Phi) is 3.94. The van der Waals surface area contributed by atoms with Gasteiger partial charge in [-0.15, -0.1) is 12.4 Å². The van der Waals surface area contributed by atoms with Crippen LogP contribution in [-0.2, 0) is 6.42 Å². The van der Waals surface area contributed by atoms with Gasteiger partial charge in [0.25, 0.3) is 0 Å². The molecule has 2 N–H and O–H groups in total. The summed E-state index contributed by atoms with van der Waals surface area (Å²) in [5.41, 5.74) is 9.31. The lowest BCUT2D eigenvalue weighted by atomic mass is 9.95. The highest BCUT2D eigenvalue weighted by atomic mass is 35.5. The number of nitrogens with two attached hydrogens (primary N) is 1. The van der Waals surface area contributed by atoms with Crippen molar-refractivity contribution >= 4 is 23.2 Å². The second-order valence-corrected chi connectivity index (χ2v) is 6.22. The van der Waals surface area contributed by atoms with E-state index in [2.05, 4.69) is 72.8 Å². The first-order valence-corrected chi connectivity index (χ1v) is 7.57. The Morgan fingerprint density at radius 1 is 0.864 bits per heavy atom. The SMILES string of the molecule is Cl.N[C@]1(Cc2cccc3ccccc23)C[C@@H]1c1ccccc1. The van der Waals surface area contributed by atoms with Gasteiger partial charge in [0, 0.05) is 11.5 Å². The number of rotatable bonds is 3. The smallest absolute Gasteiger partial charge is 0.0272 e. The van der Waals surface area contributed by atoms with Gasteiger partial charge in [0.05, 0.1) is 0 Å². The average Bonchev–Trinajstić information content (AvgIpc) is 3.20. The number of fused-ring (bicyclic) bond motifs is 1. The molecule has 3 aromatic rings. The van der Waals surface area contributed by atoms with E-state index >= 15 is 0 Å². The lowest BCUT2D eigenvalue weighted by Gasteiger charge is -2.14. The molecule has 1 fully saturated rings. The van der Waals surface area contributed by atoms with Crippen molar-refractivity contribution in [2.75, 3.05) is 0 Å². The Morgan fingerprint density at radius 3 is 2.36 bits per heavy atom. The van der Waals surface area contributed by atoms with Crippen molar-refractivity contribution in [1.29, 1.82) is 0 Å². The summed E-state index contributed by atoms with van der Waals surface area (Å²) >= 11 is 0. The van der Waals surface area contributed by atoms with Gasteiger partial charge in [0.1, 0.15) is 0 Å². The highest BCUT2D eigenvalue weighted by Crippen LogP contribution is 2.51. The second-order valence-electron chi connectivity index (χ2n) is 6.22. The molecule has 1 aliphatic rings. The van der Waals surface area contributed by atoms with Gasteiger partial charge in [-0.05, 0) is 34.7 Å². The summed E-state index contributed by atoms with van der Waals surface area (Å²) in [7, 11) is 0. The van der Waals surface area contributed by atoms with Gasteiger partial charge in [-0.2, -0.15) is 0 Å². The third-order valence-corrected chi connectivity index (χ3v) is 4.72. The van der Waals surface area contributed by atoms with Crippen molar-refractivity contribution in [2.24, 2.45) is 5.73 Å². The first-order chi connectivity index (χ1) is 10.3. The minimum Gasteiger partial charge on any atom is -0.324 e. The number of hydrogen-bond donors (Lipinski definition) is 1. The maximum atomic E-state index is 6.65. The molecule has 0 heterocycles. The van der Waals surface area contributed by atoms with Crippen LogP contribution in [0.2, 0.25) is 0 Å². The van der Waals surface area contributed by atoms with Gasteiger partial charge in [-0.3, -0.25) is 0 Å². The third-order valence-electron chi connectivity index (χ3n) is 4.72. The van der Waals surface area contributed by atoms with E-state index in [4.69, 9.17) is 5.73 Å². The molecule has 3 aromatic carbocycles. The molecule has 0 aromatic heterocycles. The van der Waals surface area contributed by atoms with Crippen LogP contribution >= 0.6 is 12.4 Å². The molecule has 1 aliphatic carbocycles. The van der Waals surface area contributed by atoms with Crippen LogP contribution in [-0.4, -0.2) is 5.54 Å². The predicted octanol–water partition coefficient (Wildman–Crippen LogP) is 4.69. The Hall–Kier alpha value is -1.83. The Balaban J connectivity index is 0.00000144. The van der Waals surface area contributed by atoms with E-state index < -0.39 is 0 Å². The summed E-state index contributed by atoms with van der Waals surface area (Å²) in [4.78, 5) is 0. The summed E-state index contributed by atoms with van der Waals surface area (Å²) < 4.78 is 0. The van der Waals surface area contributed by atoms with Crippen molar-refractivity contribution in [3.05, 3.63) is 83.9 Å². The summed E-state index contributed by atoms with van der Waals surface area (Å²) in [6.45, 7) is 0. The summed E-state index contributed by atoms with van der Waals surface area (Å²) in [5, 5.41) is 2.64. The zero-order chi connectivity index (χ0) is 14.3. The maximum Gasteiger partial charge on any atom is 0.0272 e. The van der Waals surface area contributed by atoms with Gasteiger partial charge in [-0.1, -0.05) is 72.8 Å². The van der Waals surface area contributed by atoms with E-state index in [0.29, 0.717) is 5.92 Å². The van der Waals surface area contributed by atoms with Gasteiger partial charge in [0.15, 0.2) is 0 Å². The fourth-order valence-electron chi connectivity index (χ4n) is 3.45. The molecule has 0 saturated heterocycles. The Labute approximate surface area is 137 Å². The molecule has 0 radical (unpaired) electrons. The van der Waals surface area contributed by atoms with Crippen molar-refractivity contribution in [2.45, 2.75) is 24.3 Å². The predicted molar refractivity (Wildman–Crippen MR) is 95.6 cm³/mol. The summed E-state index contributed by atoms with van der Waals surface area (Å²) in [5.74, 6) is 0.498. The van der Waals surface area contributed by atoms with Crippen LogP contribution in [0.15, 0.2) is 72.8 Å². The summed E-state index contributed by atoms with van der Waals surface area (Å²) in [6.07, 6.45) is 2.04. The minimum absolute atomic E-state index is 0. The number of benzene rings is 3. The van der Waals surface area contributed by atoms with E-state index in [1.54, 1.807) is 0 Å². The molecule has 0 unspecified atom stereocenters. The molecular formula is C20H20ClN. The highest BCUT2D eigenvalue weighted by Gasteiger charge is 2.51. The average molecular weight is 310 g/mol. The molecule has 1 saturated carbocycles. The van der Waals surface area contributed by atoms with Crippen molar-refractivity contribution < 1.29 is 0 Å². The topological polar surface area (TPSA) is 26.0 Å². The van der Waals surface area contributed by atoms with Gasteiger partial charge < -0.3 is 5.73 Å². The summed E-state index contributed by atoms with van der Waals surface area (Å²) in [6, 6.07) is 25.8. The second kappa shape index (κ2) is 5.75. The number of hydrogen-bond acceptors (Lipinski definition) is 1. The minimum atomic E-state index is -0.0779. The first-order valence-electron chi connectivity index (χ1n) is 7.57. The molecule has 0 spiro atoms. The molecule has 112 valence electrons. The lowest BCUT2D eigenvalue weighted by Crippen LogP contribution is -2.27. The van der Waals surface area contributed by atoms with Crippen LogP contribution < -0.4 is 5.73 Å². The molecule has 2 heteroatoms. The molecule has 0 aliphatic heterocycles. The van der Waals surface area contributed by atoms with Crippen LogP contribution in [0, 0.1) is 0 Å². The Morgan fingerprint density at radius 2 is 1.55 bits per heavy atom. The molecule has 1 nitrogen and oxygen atoms in total. The maximum absolute atomic E-state index is 6.65. The van der Waals surface area contributed by atoms with Crippen LogP contribution in [0.1, 0.15) is 23.5 Å². The van der Waals surface area contributed by atoms with Gasteiger partial charge in [-0.25, -0.2) is 0 Å². The van der Waals surface area contributed by atoms with Gasteiger partial charge >= 0.3 is 0 Å². The van der Waals surface area contributed by atoms with Crippen LogP contribution in [0.5, 0.6) is 0 Å². The molecule has 2 atom stereocenters. The molecular weight excluding hydrogens is 290 g/mol. The van der Waals surface area contributed by atoms with E-state index in [1.165, 1.54) is 21.9 Å². The molecule has 0 bridgehead atoms. The molecule has 22 heavy (non-hydrogen) atoms. The third kappa shape index (κ3) is 2.63.